The molecule has 1 aliphatic heterocycles. The third-order valence-electron chi connectivity index (χ3n) is 3.83. The summed E-state index contributed by atoms with van der Waals surface area (Å²) in [6, 6.07) is 0.222. The molecule has 3 N–H and O–H groups in total. The lowest BCUT2D eigenvalue weighted by Gasteiger charge is -2.29. The first kappa shape index (κ1) is 12.6. The van der Waals surface area contributed by atoms with Crippen molar-refractivity contribution in [2.75, 3.05) is 13.1 Å². The van der Waals surface area contributed by atoms with Crippen molar-refractivity contribution in [3.63, 3.8) is 0 Å². The molecular weight excluding hydrogens is 234 g/mol. The molecule has 2 fully saturated rings. The molecule has 2 amide bonds. The predicted octanol–water partition coefficient (Wildman–Crippen LogP) is 1.64. The van der Waals surface area contributed by atoms with Crippen LogP contribution in [0.2, 0.25) is 0 Å². The molecular formula is C12H21N3OS. The van der Waals surface area contributed by atoms with Gasteiger partial charge in [0.25, 0.3) is 0 Å². The van der Waals surface area contributed by atoms with E-state index < -0.39 is 0 Å². The van der Waals surface area contributed by atoms with Gasteiger partial charge in [0, 0.05) is 25.0 Å². The second kappa shape index (κ2) is 5.67. The molecule has 0 bridgehead atoms. The number of carbonyl (C=O) groups is 1. The van der Waals surface area contributed by atoms with E-state index in [1.807, 2.05) is 4.90 Å². The van der Waals surface area contributed by atoms with Crippen LogP contribution in [0.4, 0.5) is 4.79 Å². The van der Waals surface area contributed by atoms with E-state index in [2.05, 4.69) is 5.32 Å². The van der Waals surface area contributed by atoms with Crippen molar-refractivity contribution in [2.45, 2.75) is 44.6 Å². The molecule has 17 heavy (non-hydrogen) atoms. The minimum Gasteiger partial charge on any atom is -0.393 e. The fraction of sp³-hybridized carbons (Fsp3) is 0.833. The quantitative estimate of drug-likeness (QED) is 0.737. The van der Waals surface area contributed by atoms with Gasteiger partial charge in [0.05, 0.1) is 4.99 Å². The number of likely N-dealkylation sites (tertiary alicyclic amines) is 1. The summed E-state index contributed by atoms with van der Waals surface area (Å²) in [5.74, 6) is 0.193. The van der Waals surface area contributed by atoms with Gasteiger partial charge in [-0.15, -0.1) is 0 Å². The van der Waals surface area contributed by atoms with Gasteiger partial charge in [0.2, 0.25) is 0 Å². The maximum absolute atomic E-state index is 12.1. The molecule has 1 saturated carbocycles. The molecule has 4 nitrogen and oxygen atoms in total. The molecule has 0 aromatic heterocycles. The van der Waals surface area contributed by atoms with Crippen LogP contribution in [-0.4, -0.2) is 35.1 Å². The highest BCUT2D eigenvalue weighted by Gasteiger charge is 2.31. The Bertz CT molecular complexity index is 302. The smallest absolute Gasteiger partial charge is 0.317 e. The molecule has 1 saturated heterocycles. The number of thiocarbonyl (C=S) groups is 1. The number of piperidine rings is 1. The van der Waals surface area contributed by atoms with Gasteiger partial charge in [0.15, 0.2) is 0 Å². The number of amides is 2. The van der Waals surface area contributed by atoms with Gasteiger partial charge in [-0.2, -0.15) is 0 Å². The zero-order valence-electron chi connectivity index (χ0n) is 10.2. The fourth-order valence-electron chi connectivity index (χ4n) is 2.82. The molecule has 0 radical (unpaired) electrons. The lowest BCUT2D eigenvalue weighted by atomic mass is 10.0. The number of nitrogens with zero attached hydrogens (tertiary/aromatic N) is 1. The second-order valence-electron chi connectivity index (χ2n) is 5.04. The van der Waals surface area contributed by atoms with Gasteiger partial charge in [-0.25, -0.2) is 4.79 Å². The highest BCUT2D eigenvalue weighted by atomic mass is 32.1. The number of rotatable bonds is 2. The highest BCUT2D eigenvalue weighted by Crippen LogP contribution is 2.26. The molecule has 0 aromatic rings. The lowest BCUT2D eigenvalue weighted by Crippen LogP contribution is -2.49. The Kier molecular flexibility index (Phi) is 4.20. The van der Waals surface area contributed by atoms with Crippen molar-refractivity contribution < 1.29 is 4.79 Å². The summed E-state index contributed by atoms with van der Waals surface area (Å²) in [5, 5.41) is 3.10. The average Bonchev–Trinajstić information content (AvgIpc) is 2.78. The average molecular weight is 255 g/mol. The first-order valence-corrected chi connectivity index (χ1v) is 6.94. The van der Waals surface area contributed by atoms with Gasteiger partial charge < -0.3 is 16.0 Å². The zero-order chi connectivity index (χ0) is 12.3. The molecule has 2 unspecified atom stereocenters. The second-order valence-corrected chi connectivity index (χ2v) is 5.51. The van der Waals surface area contributed by atoms with Crippen LogP contribution >= 0.6 is 12.2 Å². The Labute approximate surface area is 108 Å². The minimum absolute atomic E-state index is 0.0675. The number of nitrogens with one attached hydrogen (secondary N) is 1. The van der Waals surface area contributed by atoms with Gasteiger partial charge in [0.1, 0.15) is 0 Å². The maximum atomic E-state index is 12.1. The zero-order valence-corrected chi connectivity index (χ0v) is 11.0. The van der Waals surface area contributed by atoms with E-state index in [1.54, 1.807) is 0 Å². The van der Waals surface area contributed by atoms with Crippen LogP contribution in [-0.2, 0) is 0 Å². The first-order chi connectivity index (χ1) is 8.18. The van der Waals surface area contributed by atoms with E-state index >= 15 is 0 Å². The summed E-state index contributed by atoms with van der Waals surface area (Å²) in [4.78, 5) is 14.5. The van der Waals surface area contributed by atoms with Gasteiger partial charge >= 0.3 is 6.03 Å². The summed E-state index contributed by atoms with van der Waals surface area (Å²) in [6.45, 7) is 1.77. The normalized spacial score (nSPS) is 29.1. The highest BCUT2D eigenvalue weighted by molar-refractivity contribution is 7.80. The van der Waals surface area contributed by atoms with Crippen LogP contribution in [0, 0.1) is 5.92 Å². The molecule has 2 atom stereocenters. The number of hydrogen-bond acceptors (Lipinski definition) is 2. The van der Waals surface area contributed by atoms with E-state index in [-0.39, 0.29) is 18.0 Å². The van der Waals surface area contributed by atoms with Crippen LogP contribution in [0.15, 0.2) is 0 Å². The Morgan fingerprint density at radius 1 is 1.18 bits per heavy atom. The summed E-state index contributed by atoms with van der Waals surface area (Å²) in [6.07, 6.45) is 6.60. The van der Waals surface area contributed by atoms with E-state index in [0.717, 1.165) is 45.2 Å². The van der Waals surface area contributed by atoms with Crippen molar-refractivity contribution in [1.82, 2.24) is 10.2 Å². The number of nitrogens with two attached hydrogens (primary N) is 1. The molecule has 5 heteroatoms. The standard InChI is InChI=1S/C12H21N3OS/c13-11(17)9-5-4-6-10(9)14-12(16)15-7-2-1-3-8-15/h9-10H,1-8H2,(H2,13,17)(H,14,16). The van der Waals surface area contributed by atoms with Crippen molar-refractivity contribution in [3.8, 4) is 0 Å². The Morgan fingerprint density at radius 3 is 2.53 bits per heavy atom. The van der Waals surface area contributed by atoms with Crippen molar-refractivity contribution in [2.24, 2.45) is 11.7 Å². The molecule has 2 aliphatic rings. The maximum Gasteiger partial charge on any atom is 0.317 e. The molecule has 1 heterocycles. The summed E-state index contributed by atoms with van der Waals surface area (Å²) in [5.41, 5.74) is 5.71. The monoisotopic (exact) mass is 255 g/mol. The van der Waals surface area contributed by atoms with Gasteiger partial charge in [-0.05, 0) is 32.1 Å². The SMILES string of the molecule is NC(=S)C1CCCC1NC(=O)N1CCCCC1. The lowest BCUT2D eigenvalue weighted by molar-refractivity contribution is 0.181. The minimum atomic E-state index is 0.0675. The molecule has 96 valence electrons. The Hall–Kier alpha value is -0.840. The summed E-state index contributed by atoms with van der Waals surface area (Å²) >= 11 is 5.05. The van der Waals surface area contributed by atoms with Crippen molar-refractivity contribution in [1.29, 1.82) is 0 Å². The van der Waals surface area contributed by atoms with Crippen LogP contribution in [0.1, 0.15) is 38.5 Å². The van der Waals surface area contributed by atoms with E-state index in [9.17, 15) is 4.79 Å². The number of urea groups is 1. The topological polar surface area (TPSA) is 58.4 Å². The van der Waals surface area contributed by atoms with E-state index in [4.69, 9.17) is 18.0 Å². The van der Waals surface area contributed by atoms with Crippen LogP contribution in [0.3, 0.4) is 0 Å². The van der Waals surface area contributed by atoms with Crippen LogP contribution in [0.5, 0.6) is 0 Å². The molecule has 2 rings (SSSR count). The van der Waals surface area contributed by atoms with Crippen LogP contribution < -0.4 is 11.1 Å². The number of hydrogen-bond donors (Lipinski definition) is 2. The predicted molar refractivity (Wildman–Crippen MR) is 71.9 cm³/mol. The Balaban J connectivity index is 1.86. The number of carbonyl (C=O) groups excluding carboxylic acids is 1. The molecule has 0 spiro atoms. The third-order valence-corrected chi connectivity index (χ3v) is 4.14. The van der Waals surface area contributed by atoms with E-state index in [1.165, 1.54) is 6.42 Å². The fourth-order valence-corrected chi connectivity index (χ4v) is 3.10. The van der Waals surface area contributed by atoms with Gasteiger partial charge in [-0.1, -0.05) is 18.6 Å². The molecule has 0 aromatic carbocycles. The first-order valence-electron chi connectivity index (χ1n) is 6.53. The summed E-state index contributed by atoms with van der Waals surface area (Å²) < 4.78 is 0. The van der Waals surface area contributed by atoms with Crippen LogP contribution in [0.25, 0.3) is 0 Å². The molecule has 1 aliphatic carbocycles. The third kappa shape index (κ3) is 3.09. The van der Waals surface area contributed by atoms with Gasteiger partial charge in [-0.3, -0.25) is 0 Å². The van der Waals surface area contributed by atoms with E-state index in [0.29, 0.717) is 4.99 Å². The summed E-state index contributed by atoms with van der Waals surface area (Å²) in [7, 11) is 0. The Morgan fingerprint density at radius 2 is 1.88 bits per heavy atom. The van der Waals surface area contributed by atoms with Crippen molar-refractivity contribution >= 4 is 23.2 Å². The largest absolute Gasteiger partial charge is 0.393 e. The van der Waals surface area contributed by atoms with Crippen molar-refractivity contribution in [3.05, 3.63) is 0 Å².